The lowest BCUT2D eigenvalue weighted by molar-refractivity contribution is -0.118. The van der Waals surface area contributed by atoms with Gasteiger partial charge < -0.3 is 5.11 Å². The SMILES string of the molecule is CCCCN(CCO)CC(C)=O. The van der Waals surface area contributed by atoms with Gasteiger partial charge in [-0.05, 0) is 19.9 Å². The highest BCUT2D eigenvalue weighted by Gasteiger charge is 2.05. The molecule has 0 radical (unpaired) electrons. The van der Waals surface area contributed by atoms with E-state index < -0.39 is 0 Å². The van der Waals surface area contributed by atoms with Crippen molar-refractivity contribution in [3.63, 3.8) is 0 Å². The zero-order chi connectivity index (χ0) is 9.40. The average Bonchev–Trinajstić information content (AvgIpc) is 2.00. The maximum absolute atomic E-state index is 10.8. The molecule has 12 heavy (non-hydrogen) atoms. The van der Waals surface area contributed by atoms with Crippen LogP contribution in [0.25, 0.3) is 0 Å². The number of hydrogen-bond acceptors (Lipinski definition) is 3. The number of rotatable bonds is 7. The number of Topliss-reactive ketones (excluding diaryl/α,β-unsaturated/α-hetero) is 1. The summed E-state index contributed by atoms with van der Waals surface area (Å²) in [6.07, 6.45) is 2.22. The monoisotopic (exact) mass is 173 g/mol. The molecule has 0 spiro atoms. The van der Waals surface area contributed by atoms with Crippen LogP contribution in [-0.2, 0) is 4.79 Å². The summed E-state index contributed by atoms with van der Waals surface area (Å²) in [6.45, 7) is 5.83. The average molecular weight is 173 g/mol. The first kappa shape index (κ1) is 11.6. The van der Waals surface area contributed by atoms with Gasteiger partial charge in [-0.1, -0.05) is 13.3 Å². The van der Waals surface area contributed by atoms with E-state index >= 15 is 0 Å². The Balaban J connectivity index is 3.61. The first-order valence-electron chi connectivity index (χ1n) is 4.53. The van der Waals surface area contributed by atoms with Crippen LogP contribution in [0.1, 0.15) is 26.7 Å². The molecular weight excluding hydrogens is 154 g/mol. The van der Waals surface area contributed by atoms with Crippen LogP contribution in [0.5, 0.6) is 0 Å². The van der Waals surface area contributed by atoms with E-state index in [4.69, 9.17) is 5.11 Å². The topological polar surface area (TPSA) is 40.5 Å². The molecule has 1 N–H and O–H groups in total. The molecule has 0 aliphatic heterocycles. The summed E-state index contributed by atoms with van der Waals surface area (Å²) in [5.74, 6) is 0.166. The molecule has 0 saturated carbocycles. The van der Waals surface area contributed by atoms with Gasteiger partial charge in [0.2, 0.25) is 0 Å². The lowest BCUT2D eigenvalue weighted by Crippen LogP contribution is -2.32. The van der Waals surface area contributed by atoms with Gasteiger partial charge in [0.1, 0.15) is 5.78 Å². The minimum absolute atomic E-state index is 0.136. The molecule has 0 bridgehead atoms. The van der Waals surface area contributed by atoms with E-state index in [-0.39, 0.29) is 12.4 Å². The van der Waals surface area contributed by atoms with E-state index in [1.54, 1.807) is 6.92 Å². The lowest BCUT2D eigenvalue weighted by Gasteiger charge is -2.18. The number of aliphatic hydroxyl groups excluding tert-OH is 1. The van der Waals surface area contributed by atoms with E-state index in [0.29, 0.717) is 13.1 Å². The van der Waals surface area contributed by atoms with Gasteiger partial charge in [-0.2, -0.15) is 0 Å². The summed E-state index contributed by atoms with van der Waals surface area (Å²) in [6, 6.07) is 0. The maximum atomic E-state index is 10.8. The summed E-state index contributed by atoms with van der Waals surface area (Å²) < 4.78 is 0. The van der Waals surface area contributed by atoms with Crippen molar-refractivity contribution in [1.82, 2.24) is 4.90 Å². The van der Waals surface area contributed by atoms with Gasteiger partial charge >= 0.3 is 0 Å². The third-order valence-electron chi connectivity index (χ3n) is 1.69. The van der Waals surface area contributed by atoms with Crippen LogP contribution in [0.4, 0.5) is 0 Å². The molecule has 0 amide bonds. The fourth-order valence-electron chi connectivity index (χ4n) is 1.11. The molecule has 0 aromatic rings. The lowest BCUT2D eigenvalue weighted by atomic mass is 10.3. The fourth-order valence-corrected chi connectivity index (χ4v) is 1.11. The van der Waals surface area contributed by atoms with Crippen molar-refractivity contribution in [2.45, 2.75) is 26.7 Å². The number of carbonyl (C=O) groups excluding carboxylic acids is 1. The number of unbranched alkanes of at least 4 members (excludes halogenated alkanes) is 1. The van der Waals surface area contributed by atoms with Crippen molar-refractivity contribution in [2.24, 2.45) is 0 Å². The van der Waals surface area contributed by atoms with Crippen LogP contribution >= 0.6 is 0 Å². The highest BCUT2D eigenvalue weighted by atomic mass is 16.3. The van der Waals surface area contributed by atoms with Gasteiger partial charge in [-0.3, -0.25) is 9.69 Å². The van der Waals surface area contributed by atoms with Crippen LogP contribution in [0.3, 0.4) is 0 Å². The minimum Gasteiger partial charge on any atom is -0.395 e. The van der Waals surface area contributed by atoms with Crippen LogP contribution in [0, 0.1) is 0 Å². The van der Waals surface area contributed by atoms with Crippen molar-refractivity contribution in [3.8, 4) is 0 Å². The summed E-state index contributed by atoms with van der Waals surface area (Å²) in [7, 11) is 0. The van der Waals surface area contributed by atoms with Gasteiger partial charge in [0.15, 0.2) is 0 Å². The predicted octanol–water partition coefficient (Wildman–Crippen LogP) is 0.670. The summed E-state index contributed by atoms with van der Waals surface area (Å²) in [5.41, 5.74) is 0. The third kappa shape index (κ3) is 6.31. The zero-order valence-electron chi connectivity index (χ0n) is 8.05. The van der Waals surface area contributed by atoms with Gasteiger partial charge in [0.05, 0.1) is 13.2 Å². The standard InChI is InChI=1S/C9H19NO2/c1-3-4-5-10(6-7-11)8-9(2)12/h11H,3-8H2,1-2H3. The Hall–Kier alpha value is -0.410. The number of aliphatic hydroxyl groups is 1. The van der Waals surface area contributed by atoms with Crippen LogP contribution in [0.15, 0.2) is 0 Å². The molecular formula is C9H19NO2. The van der Waals surface area contributed by atoms with E-state index in [0.717, 1.165) is 19.4 Å². The van der Waals surface area contributed by atoms with E-state index in [1.165, 1.54) is 0 Å². The van der Waals surface area contributed by atoms with Gasteiger partial charge in [-0.15, -0.1) is 0 Å². The molecule has 0 heterocycles. The Morgan fingerprint density at radius 1 is 1.42 bits per heavy atom. The molecule has 0 aliphatic rings. The molecule has 0 aromatic heterocycles. The Labute approximate surface area is 74.4 Å². The minimum atomic E-state index is 0.136. The normalized spacial score (nSPS) is 10.7. The molecule has 0 aliphatic carbocycles. The molecule has 0 fully saturated rings. The molecule has 72 valence electrons. The predicted molar refractivity (Wildman–Crippen MR) is 49.1 cm³/mol. The Morgan fingerprint density at radius 2 is 2.08 bits per heavy atom. The maximum Gasteiger partial charge on any atom is 0.143 e. The van der Waals surface area contributed by atoms with E-state index in [1.807, 2.05) is 4.90 Å². The van der Waals surface area contributed by atoms with E-state index in [2.05, 4.69) is 6.92 Å². The van der Waals surface area contributed by atoms with Crippen LogP contribution < -0.4 is 0 Å². The van der Waals surface area contributed by atoms with Gasteiger partial charge in [0, 0.05) is 6.54 Å². The van der Waals surface area contributed by atoms with Crippen LogP contribution in [0.2, 0.25) is 0 Å². The first-order valence-corrected chi connectivity index (χ1v) is 4.53. The number of hydrogen-bond donors (Lipinski definition) is 1. The largest absolute Gasteiger partial charge is 0.395 e. The molecule has 0 rings (SSSR count). The molecule has 0 atom stereocenters. The van der Waals surface area contributed by atoms with Crippen molar-refractivity contribution in [1.29, 1.82) is 0 Å². The summed E-state index contributed by atoms with van der Waals surface area (Å²) in [4.78, 5) is 12.8. The highest BCUT2D eigenvalue weighted by molar-refractivity contribution is 5.77. The molecule has 0 saturated heterocycles. The fraction of sp³-hybridized carbons (Fsp3) is 0.889. The van der Waals surface area contributed by atoms with Crippen molar-refractivity contribution in [2.75, 3.05) is 26.2 Å². The Kier molecular flexibility index (Phi) is 7.00. The van der Waals surface area contributed by atoms with Gasteiger partial charge in [0.25, 0.3) is 0 Å². The molecule has 3 heteroatoms. The first-order chi connectivity index (χ1) is 5.70. The molecule has 0 aromatic carbocycles. The molecule has 3 nitrogen and oxygen atoms in total. The van der Waals surface area contributed by atoms with Crippen molar-refractivity contribution >= 4 is 5.78 Å². The second kappa shape index (κ2) is 7.25. The number of carbonyl (C=O) groups is 1. The summed E-state index contributed by atoms with van der Waals surface area (Å²) in [5, 5.41) is 8.70. The van der Waals surface area contributed by atoms with Crippen molar-refractivity contribution < 1.29 is 9.90 Å². The summed E-state index contributed by atoms with van der Waals surface area (Å²) >= 11 is 0. The van der Waals surface area contributed by atoms with Crippen molar-refractivity contribution in [3.05, 3.63) is 0 Å². The van der Waals surface area contributed by atoms with E-state index in [9.17, 15) is 4.79 Å². The number of ketones is 1. The highest BCUT2D eigenvalue weighted by Crippen LogP contribution is 1.94. The second-order valence-corrected chi connectivity index (χ2v) is 3.06. The van der Waals surface area contributed by atoms with Crippen LogP contribution in [-0.4, -0.2) is 42.0 Å². The Bertz CT molecular complexity index is 126. The van der Waals surface area contributed by atoms with Gasteiger partial charge in [-0.25, -0.2) is 0 Å². The zero-order valence-corrected chi connectivity index (χ0v) is 8.05. The molecule has 0 unspecified atom stereocenters. The quantitative estimate of drug-likeness (QED) is 0.615. The smallest absolute Gasteiger partial charge is 0.143 e. The number of nitrogens with zero attached hydrogens (tertiary/aromatic N) is 1. The second-order valence-electron chi connectivity index (χ2n) is 3.06. The third-order valence-corrected chi connectivity index (χ3v) is 1.69. The Morgan fingerprint density at radius 3 is 2.50 bits per heavy atom.